The van der Waals surface area contributed by atoms with Crippen LogP contribution in [0.25, 0.3) is 22.9 Å². The summed E-state index contributed by atoms with van der Waals surface area (Å²) in [5.41, 5.74) is 9.77. The highest BCUT2D eigenvalue weighted by atomic mass is 79.9. The number of amides is 1. The van der Waals surface area contributed by atoms with Crippen LogP contribution in [-0.4, -0.2) is 15.6 Å². The normalized spacial score (nSPS) is 15.6. The Kier molecular flexibility index (Phi) is 6.73. The molecule has 5 rings (SSSR count). The minimum absolute atomic E-state index is 0.124. The van der Waals surface area contributed by atoms with E-state index in [2.05, 4.69) is 99.3 Å². The summed E-state index contributed by atoms with van der Waals surface area (Å²) in [6.45, 7) is 8.26. The molecule has 1 N–H and O–H groups in total. The van der Waals surface area contributed by atoms with Gasteiger partial charge in [0.2, 0.25) is 0 Å². The van der Waals surface area contributed by atoms with Crippen LogP contribution in [0.1, 0.15) is 28.1 Å². The minimum Gasteiger partial charge on any atom is -0.318 e. The maximum atomic E-state index is 12.7. The Morgan fingerprint density at radius 3 is 2.19 bits per heavy atom. The first-order chi connectivity index (χ1) is 17.3. The number of halogens is 1. The lowest BCUT2D eigenvalue weighted by molar-refractivity contribution is -0.115. The first kappa shape index (κ1) is 24.3. The molecule has 0 bridgehead atoms. The number of carbonyl (C=O) groups is 1. The second-order valence-corrected chi connectivity index (χ2v) is 10.8. The topological polar surface area (TPSA) is 46.4 Å². The van der Waals surface area contributed by atoms with Crippen LogP contribution in [0, 0.1) is 27.7 Å². The van der Waals surface area contributed by atoms with Gasteiger partial charge in [-0.25, -0.2) is 4.99 Å². The van der Waals surface area contributed by atoms with Gasteiger partial charge in [0, 0.05) is 21.5 Å². The number of hydrogen-bond donors (Lipinski definition) is 1. The molecule has 0 unspecified atom stereocenters. The summed E-state index contributed by atoms with van der Waals surface area (Å²) in [6, 6.07) is 25.1. The molecule has 1 aromatic heterocycles. The number of nitrogens with zero attached hydrogens (tertiary/aromatic N) is 2. The fourth-order valence-electron chi connectivity index (χ4n) is 4.49. The third-order valence-corrected chi connectivity index (χ3v) is 8.45. The maximum Gasteiger partial charge on any atom is 0.264 e. The van der Waals surface area contributed by atoms with Crippen molar-refractivity contribution in [3.05, 3.63) is 110 Å². The largest absolute Gasteiger partial charge is 0.318 e. The van der Waals surface area contributed by atoms with Gasteiger partial charge in [-0.15, -0.1) is 0 Å². The SMILES string of the molecule is Cc1cc(N=C2NC(=O)/C(=C\c3cc(C)n(-c4ccc(-c5ccccc5)cc4)c3C)S2)cc(C)c1Br. The molecule has 1 aliphatic heterocycles. The summed E-state index contributed by atoms with van der Waals surface area (Å²) in [6.07, 6.45) is 1.96. The Morgan fingerprint density at radius 2 is 1.53 bits per heavy atom. The van der Waals surface area contributed by atoms with E-state index in [1.807, 2.05) is 38.1 Å². The molecule has 36 heavy (non-hydrogen) atoms. The van der Waals surface area contributed by atoms with E-state index < -0.39 is 0 Å². The minimum atomic E-state index is -0.124. The van der Waals surface area contributed by atoms with E-state index >= 15 is 0 Å². The Balaban J connectivity index is 1.41. The van der Waals surface area contributed by atoms with E-state index in [-0.39, 0.29) is 5.91 Å². The van der Waals surface area contributed by atoms with E-state index in [1.54, 1.807) is 0 Å². The van der Waals surface area contributed by atoms with Gasteiger partial charge >= 0.3 is 0 Å². The Labute approximate surface area is 224 Å². The lowest BCUT2D eigenvalue weighted by Gasteiger charge is -2.11. The second-order valence-electron chi connectivity index (χ2n) is 8.95. The average molecular weight is 557 g/mol. The highest BCUT2D eigenvalue weighted by molar-refractivity contribution is 9.10. The summed E-state index contributed by atoms with van der Waals surface area (Å²) >= 11 is 4.97. The van der Waals surface area contributed by atoms with E-state index in [0.717, 1.165) is 43.9 Å². The van der Waals surface area contributed by atoms with Gasteiger partial charge in [-0.3, -0.25) is 4.79 Å². The van der Waals surface area contributed by atoms with Crippen LogP contribution in [0.4, 0.5) is 5.69 Å². The first-order valence-corrected chi connectivity index (χ1v) is 13.3. The summed E-state index contributed by atoms with van der Waals surface area (Å²) in [4.78, 5) is 18.0. The van der Waals surface area contributed by atoms with Crippen LogP contribution in [0.3, 0.4) is 0 Å². The van der Waals surface area contributed by atoms with Crippen LogP contribution >= 0.6 is 27.7 Å². The number of aromatic nitrogens is 1. The molecule has 6 heteroatoms. The molecule has 4 aromatic rings. The summed E-state index contributed by atoms with van der Waals surface area (Å²) in [5, 5.41) is 3.50. The van der Waals surface area contributed by atoms with Crippen molar-refractivity contribution < 1.29 is 4.79 Å². The van der Waals surface area contributed by atoms with Crippen molar-refractivity contribution >= 4 is 50.5 Å². The van der Waals surface area contributed by atoms with Crippen molar-refractivity contribution in [3.63, 3.8) is 0 Å². The predicted molar refractivity (Wildman–Crippen MR) is 155 cm³/mol. The Morgan fingerprint density at radius 1 is 0.889 bits per heavy atom. The third kappa shape index (κ3) is 4.84. The molecule has 4 nitrogen and oxygen atoms in total. The van der Waals surface area contributed by atoms with Crippen LogP contribution in [-0.2, 0) is 4.79 Å². The first-order valence-electron chi connectivity index (χ1n) is 11.7. The van der Waals surface area contributed by atoms with Gasteiger partial charge in [-0.1, -0.05) is 58.4 Å². The van der Waals surface area contributed by atoms with E-state index in [9.17, 15) is 4.79 Å². The fraction of sp³-hybridized carbons (Fsp3) is 0.133. The highest BCUT2D eigenvalue weighted by Gasteiger charge is 2.25. The number of aliphatic imine (C=N–C) groups is 1. The van der Waals surface area contributed by atoms with Crippen LogP contribution in [0.15, 0.2) is 87.2 Å². The quantitative estimate of drug-likeness (QED) is 0.259. The molecule has 0 aliphatic carbocycles. The molecule has 3 aromatic carbocycles. The molecule has 0 saturated carbocycles. The standard InChI is InChI=1S/C30H26BrN3OS/c1-18-14-25(15-19(2)28(18)31)32-30-33-29(35)27(36-30)17-24-16-20(3)34(21(24)4)26-12-10-23(11-13-26)22-8-6-5-7-9-22/h5-17H,1-4H3,(H,32,33,35)/b27-17+. The molecule has 1 fully saturated rings. The van der Waals surface area contributed by atoms with Crippen molar-refractivity contribution in [2.24, 2.45) is 4.99 Å². The van der Waals surface area contributed by atoms with Gasteiger partial charge in [0.1, 0.15) is 0 Å². The molecule has 1 saturated heterocycles. The molecule has 1 amide bonds. The van der Waals surface area contributed by atoms with Gasteiger partial charge in [0.05, 0.1) is 10.6 Å². The molecular formula is C30H26BrN3OS. The Bertz CT molecular complexity index is 1510. The van der Waals surface area contributed by atoms with Crippen molar-refractivity contribution in [3.8, 4) is 16.8 Å². The monoisotopic (exact) mass is 555 g/mol. The van der Waals surface area contributed by atoms with Gasteiger partial charge in [-0.05, 0) is 104 Å². The van der Waals surface area contributed by atoms with Crippen LogP contribution in [0.2, 0.25) is 0 Å². The number of hydrogen-bond acceptors (Lipinski definition) is 3. The Hall–Kier alpha value is -3.35. The molecular weight excluding hydrogens is 530 g/mol. The summed E-state index contributed by atoms with van der Waals surface area (Å²) in [7, 11) is 0. The number of amidine groups is 1. The van der Waals surface area contributed by atoms with Gasteiger partial charge in [-0.2, -0.15) is 0 Å². The number of rotatable bonds is 4. The lowest BCUT2D eigenvalue weighted by atomic mass is 10.1. The molecule has 1 aliphatic rings. The number of nitrogens with one attached hydrogen (secondary N) is 1. The average Bonchev–Trinajstić information content (AvgIpc) is 3.35. The zero-order valence-electron chi connectivity index (χ0n) is 20.6. The maximum absolute atomic E-state index is 12.7. The summed E-state index contributed by atoms with van der Waals surface area (Å²) < 4.78 is 3.31. The summed E-state index contributed by atoms with van der Waals surface area (Å²) in [5.74, 6) is -0.124. The number of carbonyl (C=O) groups excluding carboxylic acids is 1. The second kappa shape index (κ2) is 9.96. The van der Waals surface area contributed by atoms with Crippen molar-refractivity contribution in [1.82, 2.24) is 9.88 Å². The van der Waals surface area contributed by atoms with Gasteiger partial charge in [0.25, 0.3) is 5.91 Å². The smallest absolute Gasteiger partial charge is 0.264 e. The third-order valence-electron chi connectivity index (χ3n) is 6.29. The van der Waals surface area contributed by atoms with E-state index in [4.69, 9.17) is 0 Å². The molecule has 0 spiro atoms. The lowest BCUT2D eigenvalue weighted by Crippen LogP contribution is -2.19. The molecule has 0 atom stereocenters. The van der Waals surface area contributed by atoms with Crippen molar-refractivity contribution in [2.45, 2.75) is 27.7 Å². The predicted octanol–water partition coefficient (Wildman–Crippen LogP) is 8.03. The molecule has 180 valence electrons. The molecule has 2 heterocycles. The van der Waals surface area contributed by atoms with E-state index in [1.165, 1.54) is 22.9 Å². The van der Waals surface area contributed by atoms with Crippen molar-refractivity contribution in [2.75, 3.05) is 0 Å². The van der Waals surface area contributed by atoms with Crippen LogP contribution in [0.5, 0.6) is 0 Å². The molecule has 0 radical (unpaired) electrons. The zero-order chi connectivity index (χ0) is 25.4. The zero-order valence-corrected chi connectivity index (χ0v) is 23.0. The van der Waals surface area contributed by atoms with Crippen LogP contribution < -0.4 is 5.32 Å². The van der Waals surface area contributed by atoms with Gasteiger partial charge < -0.3 is 9.88 Å². The van der Waals surface area contributed by atoms with Crippen molar-refractivity contribution in [1.29, 1.82) is 0 Å². The number of aryl methyl sites for hydroxylation is 3. The number of benzene rings is 3. The van der Waals surface area contributed by atoms with E-state index in [0.29, 0.717) is 10.1 Å². The fourth-order valence-corrected chi connectivity index (χ4v) is 5.55. The van der Waals surface area contributed by atoms with Gasteiger partial charge in [0.15, 0.2) is 5.17 Å². The number of thioether (sulfide) groups is 1. The highest BCUT2D eigenvalue weighted by Crippen LogP contribution is 2.32.